The van der Waals surface area contributed by atoms with E-state index < -0.39 is 0 Å². The molecule has 5 nitrogen and oxygen atoms in total. The van der Waals surface area contributed by atoms with Crippen molar-refractivity contribution in [1.82, 2.24) is 4.98 Å². The van der Waals surface area contributed by atoms with Crippen molar-refractivity contribution in [3.63, 3.8) is 0 Å². The number of aryl methyl sites for hydroxylation is 1. The molecule has 0 saturated heterocycles. The highest BCUT2D eigenvalue weighted by Gasteiger charge is 2.34. The van der Waals surface area contributed by atoms with E-state index in [4.69, 9.17) is 18.9 Å². The van der Waals surface area contributed by atoms with Gasteiger partial charge in [0.1, 0.15) is 11.5 Å². The van der Waals surface area contributed by atoms with Crippen LogP contribution in [0, 0.1) is 5.92 Å². The molecule has 1 aliphatic carbocycles. The van der Waals surface area contributed by atoms with Crippen molar-refractivity contribution in [3.05, 3.63) is 64.9 Å². The summed E-state index contributed by atoms with van der Waals surface area (Å²) in [6.07, 6.45) is 10.6. The Labute approximate surface area is 204 Å². The molecule has 1 aromatic heterocycles. The monoisotopic (exact) mass is 465 g/mol. The van der Waals surface area contributed by atoms with Gasteiger partial charge in [-0.1, -0.05) is 52.0 Å². The minimum absolute atomic E-state index is 0.0798. The molecule has 0 amide bonds. The predicted octanol–water partition coefficient (Wildman–Crippen LogP) is 7.02. The first-order valence-electron chi connectivity index (χ1n) is 12.6. The maximum Gasteiger partial charge on any atom is 0.309 e. The third-order valence-electron chi connectivity index (χ3n) is 6.58. The summed E-state index contributed by atoms with van der Waals surface area (Å²) in [5.41, 5.74) is 4.51. The fourth-order valence-electron chi connectivity index (χ4n) is 4.75. The van der Waals surface area contributed by atoms with Crippen molar-refractivity contribution >= 4 is 11.5 Å². The fraction of sp³-hybridized carbons (Fsp3) is 0.517. The molecule has 3 rings (SSSR count). The zero-order valence-corrected chi connectivity index (χ0v) is 21.5. The number of nitrogens with zero attached hydrogens (tertiary/aromatic N) is 1. The Morgan fingerprint density at radius 1 is 1.29 bits per heavy atom. The standard InChI is InChI=1S/C29H39NO4/c1-7-9-10-11-20(5)28-30-26(27(34-28)19(3)4)16-17-33-22-13-15-24-21(18-22)12-14-25(24)23(8-2)29(31)32-6/h9-11,13,15,18-19,23,25H,7-8,12,14,16-17H2,1-6H3. The van der Waals surface area contributed by atoms with Gasteiger partial charge in [0, 0.05) is 17.9 Å². The zero-order chi connectivity index (χ0) is 24.7. The number of esters is 1. The van der Waals surface area contributed by atoms with Gasteiger partial charge in [0.15, 0.2) is 0 Å². The van der Waals surface area contributed by atoms with E-state index in [9.17, 15) is 4.79 Å². The molecule has 1 heterocycles. The molecule has 1 aromatic carbocycles. The van der Waals surface area contributed by atoms with Crippen LogP contribution in [0.3, 0.4) is 0 Å². The fourth-order valence-corrected chi connectivity index (χ4v) is 4.75. The van der Waals surface area contributed by atoms with Crippen LogP contribution >= 0.6 is 0 Å². The van der Waals surface area contributed by atoms with Crippen molar-refractivity contribution in [2.45, 2.75) is 78.6 Å². The Morgan fingerprint density at radius 2 is 2.09 bits per heavy atom. The van der Waals surface area contributed by atoms with Crippen LogP contribution in [-0.4, -0.2) is 24.7 Å². The number of fused-ring (bicyclic) bond motifs is 1. The molecule has 0 bridgehead atoms. The highest BCUT2D eigenvalue weighted by atomic mass is 16.5. The lowest BCUT2D eigenvalue weighted by Crippen LogP contribution is -2.21. The van der Waals surface area contributed by atoms with Crippen LogP contribution in [0.5, 0.6) is 5.75 Å². The van der Waals surface area contributed by atoms with Crippen LogP contribution in [0.25, 0.3) is 5.57 Å². The number of carbonyl (C=O) groups excluding carboxylic acids is 1. The summed E-state index contributed by atoms with van der Waals surface area (Å²) < 4.78 is 17.2. The minimum Gasteiger partial charge on any atom is -0.493 e. The summed E-state index contributed by atoms with van der Waals surface area (Å²) in [5, 5.41) is 0. The number of rotatable bonds is 11. The molecule has 184 valence electrons. The summed E-state index contributed by atoms with van der Waals surface area (Å²) >= 11 is 0. The van der Waals surface area contributed by atoms with Gasteiger partial charge in [-0.25, -0.2) is 4.98 Å². The van der Waals surface area contributed by atoms with Gasteiger partial charge >= 0.3 is 5.97 Å². The Kier molecular flexibility index (Phi) is 9.14. The van der Waals surface area contributed by atoms with E-state index in [2.05, 4.69) is 45.9 Å². The van der Waals surface area contributed by atoms with Crippen molar-refractivity contribution in [3.8, 4) is 5.75 Å². The highest BCUT2D eigenvalue weighted by molar-refractivity contribution is 5.74. The second-order valence-corrected chi connectivity index (χ2v) is 9.31. The topological polar surface area (TPSA) is 61.6 Å². The first-order valence-corrected chi connectivity index (χ1v) is 12.6. The van der Waals surface area contributed by atoms with Gasteiger partial charge in [-0.15, -0.1) is 0 Å². The van der Waals surface area contributed by atoms with Crippen LogP contribution in [-0.2, 0) is 22.4 Å². The van der Waals surface area contributed by atoms with E-state index in [-0.39, 0.29) is 23.7 Å². The van der Waals surface area contributed by atoms with Crippen molar-refractivity contribution in [2.75, 3.05) is 13.7 Å². The van der Waals surface area contributed by atoms with Crippen molar-refractivity contribution < 1.29 is 18.7 Å². The van der Waals surface area contributed by atoms with Crippen LogP contribution in [0.1, 0.15) is 94.2 Å². The lowest BCUT2D eigenvalue weighted by Gasteiger charge is -2.21. The number of carbonyl (C=O) groups is 1. The molecule has 2 aromatic rings. The molecular weight excluding hydrogens is 426 g/mol. The summed E-state index contributed by atoms with van der Waals surface area (Å²) in [6, 6.07) is 6.27. The molecule has 34 heavy (non-hydrogen) atoms. The molecule has 0 fully saturated rings. The highest BCUT2D eigenvalue weighted by Crippen LogP contribution is 2.41. The number of benzene rings is 1. The molecule has 2 atom stereocenters. The molecule has 5 heteroatoms. The van der Waals surface area contributed by atoms with Crippen LogP contribution in [0.4, 0.5) is 0 Å². The van der Waals surface area contributed by atoms with E-state index in [1.807, 2.05) is 25.1 Å². The number of allylic oxidation sites excluding steroid dienone is 4. The Balaban J connectivity index is 1.67. The second-order valence-electron chi connectivity index (χ2n) is 9.31. The van der Waals surface area contributed by atoms with E-state index >= 15 is 0 Å². The first kappa shape index (κ1) is 25.8. The average molecular weight is 466 g/mol. The molecule has 0 aliphatic heterocycles. The Bertz CT molecular complexity index is 1030. The Morgan fingerprint density at radius 3 is 2.76 bits per heavy atom. The van der Waals surface area contributed by atoms with Crippen LogP contribution < -0.4 is 4.74 Å². The summed E-state index contributed by atoms with van der Waals surface area (Å²) in [6.45, 7) is 11.0. The molecule has 0 saturated carbocycles. The molecule has 1 aliphatic rings. The van der Waals surface area contributed by atoms with E-state index in [0.29, 0.717) is 18.9 Å². The van der Waals surface area contributed by atoms with Gasteiger partial charge in [0.05, 0.1) is 25.3 Å². The summed E-state index contributed by atoms with van der Waals surface area (Å²) in [5.74, 6) is 2.76. The lowest BCUT2D eigenvalue weighted by atomic mass is 9.85. The van der Waals surface area contributed by atoms with Gasteiger partial charge in [0.2, 0.25) is 5.89 Å². The maximum absolute atomic E-state index is 12.2. The van der Waals surface area contributed by atoms with Gasteiger partial charge in [-0.05, 0) is 61.8 Å². The zero-order valence-electron chi connectivity index (χ0n) is 21.5. The van der Waals surface area contributed by atoms with Gasteiger partial charge in [-0.3, -0.25) is 4.79 Å². The third-order valence-corrected chi connectivity index (χ3v) is 6.58. The second kappa shape index (κ2) is 12.0. The molecule has 0 N–H and O–H groups in total. The number of hydrogen-bond acceptors (Lipinski definition) is 5. The predicted molar refractivity (Wildman–Crippen MR) is 136 cm³/mol. The molecule has 0 radical (unpaired) electrons. The van der Waals surface area contributed by atoms with E-state index in [1.165, 1.54) is 18.2 Å². The lowest BCUT2D eigenvalue weighted by molar-refractivity contribution is -0.146. The SMILES string of the molecule is CCC=CC=C(C)c1nc(CCOc2ccc3c(c2)CCC3C(CC)C(=O)OC)c(C(C)C)o1. The van der Waals surface area contributed by atoms with Crippen LogP contribution in [0.2, 0.25) is 0 Å². The van der Waals surface area contributed by atoms with Crippen molar-refractivity contribution in [2.24, 2.45) is 5.92 Å². The summed E-state index contributed by atoms with van der Waals surface area (Å²) in [4.78, 5) is 17.0. The minimum atomic E-state index is -0.111. The number of hydrogen-bond donors (Lipinski definition) is 0. The quantitative estimate of drug-likeness (QED) is 0.264. The first-order chi connectivity index (χ1) is 16.4. The van der Waals surface area contributed by atoms with Crippen LogP contribution in [0.15, 0.2) is 40.8 Å². The van der Waals surface area contributed by atoms with Gasteiger partial charge < -0.3 is 13.9 Å². The van der Waals surface area contributed by atoms with Gasteiger partial charge in [-0.2, -0.15) is 0 Å². The largest absolute Gasteiger partial charge is 0.493 e. The molecular formula is C29H39NO4. The van der Waals surface area contributed by atoms with Crippen molar-refractivity contribution in [1.29, 1.82) is 0 Å². The third kappa shape index (κ3) is 5.99. The number of oxazole rings is 1. The van der Waals surface area contributed by atoms with E-state index in [1.54, 1.807) is 0 Å². The smallest absolute Gasteiger partial charge is 0.309 e. The number of methoxy groups -OCH3 is 1. The number of aromatic nitrogens is 1. The normalized spacial score (nSPS) is 16.8. The van der Waals surface area contributed by atoms with Gasteiger partial charge in [0.25, 0.3) is 0 Å². The number of ether oxygens (including phenoxy) is 2. The van der Waals surface area contributed by atoms with E-state index in [0.717, 1.165) is 48.5 Å². The average Bonchev–Trinajstić information content (AvgIpc) is 3.44. The molecule has 0 spiro atoms. The maximum atomic E-state index is 12.2. The Hall–Kier alpha value is -2.82. The summed E-state index contributed by atoms with van der Waals surface area (Å²) in [7, 11) is 1.47. The molecule has 2 unspecified atom stereocenters.